The standard InChI is InChI=1S/C18H16N2O/c1-12-3-7-14(8-4-12)17-16(11-19-20-17)18(21)15-9-5-13(2)6-10-15/h3-11H,1-2H3,(H,19,20). The Morgan fingerprint density at radius 2 is 1.48 bits per heavy atom. The lowest BCUT2D eigenvalue weighted by molar-refractivity contribution is 0.103. The summed E-state index contributed by atoms with van der Waals surface area (Å²) in [6, 6.07) is 15.6. The lowest BCUT2D eigenvalue weighted by Crippen LogP contribution is -2.01. The number of rotatable bonds is 3. The summed E-state index contributed by atoms with van der Waals surface area (Å²) in [5.41, 5.74) is 5.33. The van der Waals surface area contributed by atoms with Gasteiger partial charge in [0.15, 0.2) is 5.78 Å². The molecule has 1 N–H and O–H groups in total. The molecule has 0 unspecified atom stereocenters. The zero-order valence-electron chi connectivity index (χ0n) is 12.1. The second-order valence-electron chi connectivity index (χ2n) is 5.22. The summed E-state index contributed by atoms with van der Waals surface area (Å²) in [5, 5.41) is 6.97. The maximum atomic E-state index is 12.6. The maximum Gasteiger partial charge on any atom is 0.196 e. The fraction of sp³-hybridized carbons (Fsp3) is 0.111. The van der Waals surface area contributed by atoms with E-state index in [-0.39, 0.29) is 5.78 Å². The number of carbonyl (C=O) groups is 1. The van der Waals surface area contributed by atoms with E-state index >= 15 is 0 Å². The van der Waals surface area contributed by atoms with Crippen molar-refractivity contribution in [2.45, 2.75) is 13.8 Å². The van der Waals surface area contributed by atoms with Gasteiger partial charge in [-0.15, -0.1) is 0 Å². The van der Waals surface area contributed by atoms with Crippen LogP contribution in [0.5, 0.6) is 0 Å². The summed E-state index contributed by atoms with van der Waals surface area (Å²) in [4.78, 5) is 12.6. The van der Waals surface area contributed by atoms with Gasteiger partial charge < -0.3 is 0 Å². The zero-order chi connectivity index (χ0) is 14.8. The summed E-state index contributed by atoms with van der Waals surface area (Å²) < 4.78 is 0. The zero-order valence-corrected chi connectivity index (χ0v) is 12.1. The van der Waals surface area contributed by atoms with Crippen molar-refractivity contribution in [1.82, 2.24) is 10.2 Å². The first kappa shape index (κ1) is 13.3. The number of hydrogen-bond donors (Lipinski definition) is 1. The molecule has 3 heteroatoms. The molecule has 0 atom stereocenters. The molecule has 1 aromatic heterocycles. The van der Waals surface area contributed by atoms with Gasteiger partial charge in [0.1, 0.15) is 0 Å². The van der Waals surface area contributed by atoms with E-state index < -0.39 is 0 Å². The van der Waals surface area contributed by atoms with Crippen LogP contribution in [0.3, 0.4) is 0 Å². The lowest BCUT2D eigenvalue weighted by Gasteiger charge is -2.04. The smallest absolute Gasteiger partial charge is 0.196 e. The number of aryl methyl sites for hydroxylation is 2. The van der Waals surface area contributed by atoms with Crippen LogP contribution >= 0.6 is 0 Å². The number of nitrogens with one attached hydrogen (secondary N) is 1. The van der Waals surface area contributed by atoms with Crippen molar-refractivity contribution in [1.29, 1.82) is 0 Å². The minimum absolute atomic E-state index is 0.0145. The van der Waals surface area contributed by atoms with Crippen molar-refractivity contribution in [2.24, 2.45) is 0 Å². The van der Waals surface area contributed by atoms with Crippen LogP contribution in [0, 0.1) is 13.8 Å². The van der Waals surface area contributed by atoms with E-state index in [9.17, 15) is 4.79 Å². The van der Waals surface area contributed by atoms with Crippen LogP contribution in [-0.2, 0) is 0 Å². The van der Waals surface area contributed by atoms with Crippen LogP contribution < -0.4 is 0 Å². The molecule has 0 saturated heterocycles. The fourth-order valence-electron chi connectivity index (χ4n) is 2.26. The monoisotopic (exact) mass is 276 g/mol. The van der Waals surface area contributed by atoms with E-state index in [0.29, 0.717) is 11.1 Å². The molecule has 0 aliphatic heterocycles. The van der Waals surface area contributed by atoms with E-state index in [1.807, 2.05) is 62.4 Å². The van der Waals surface area contributed by atoms with Gasteiger partial charge >= 0.3 is 0 Å². The number of benzene rings is 2. The Balaban J connectivity index is 2.00. The summed E-state index contributed by atoms with van der Waals surface area (Å²) in [6.07, 6.45) is 1.59. The van der Waals surface area contributed by atoms with Crippen molar-refractivity contribution in [3.63, 3.8) is 0 Å². The first-order valence-electron chi connectivity index (χ1n) is 6.87. The predicted molar refractivity (Wildman–Crippen MR) is 83.4 cm³/mol. The molecule has 3 aromatic rings. The topological polar surface area (TPSA) is 45.8 Å². The molecule has 0 amide bonds. The Morgan fingerprint density at radius 1 is 0.905 bits per heavy atom. The lowest BCUT2D eigenvalue weighted by atomic mass is 9.99. The van der Waals surface area contributed by atoms with E-state index in [1.165, 1.54) is 5.56 Å². The second kappa shape index (κ2) is 5.37. The third-order valence-electron chi connectivity index (χ3n) is 3.54. The van der Waals surface area contributed by atoms with Gasteiger partial charge in [-0.2, -0.15) is 5.10 Å². The van der Waals surface area contributed by atoms with Crippen LogP contribution in [0.1, 0.15) is 27.0 Å². The maximum absolute atomic E-state index is 12.6. The summed E-state index contributed by atoms with van der Waals surface area (Å²) >= 11 is 0. The van der Waals surface area contributed by atoms with Crippen molar-refractivity contribution in [2.75, 3.05) is 0 Å². The van der Waals surface area contributed by atoms with Gasteiger partial charge in [-0.05, 0) is 13.8 Å². The molecule has 0 bridgehead atoms. The first-order valence-corrected chi connectivity index (χ1v) is 6.87. The van der Waals surface area contributed by atoms with Gasteiger partial charge in [0, 0.05) is 11.1 Å². The van der Waals surface area contributed by atoms with Gasteiger partial charge in [-0.25, -0.2) is 0 Å². The molecule has 21 heavy (non-hydrogen) atoms. The van der Waals surface area contributed by atoms with Crippen molar-refractivity contribution in [3.05, 3.63) is 77.0 Å². The Hall–Kier alpha value is -2.68. The number of carbonyl (C=O) groups excluding carboxylic acids is 1. The molecule has 104 valence electrons. The highest BCUT2D eigenvalue weighted by Crippen LogP contribution is 2.23. The number of ketones is 1. The molecule has 0 aliphatic carbocycles. The average molecular weight is 276 g/mol. The minimum atomic E-state index is -0.0145. The molecular formula is C18H16N2O. The van der Waals surface area contributed by atoms with Gasteiger partial charge in [0.2, 0.25) is 0 Å². The molecular weight excluding hydrogens is 260 g/mol. The van der Waals surface area contributed by atoms with E-state index in [0.717, 1.165) is 16.8 Å². The molecule has 0 spiro atoms. The van der Waals surface area contributed by atoms with E-state index in [4.69, 9.17) is 0 Å². The average Bonchev–Trinajstić information content (AvgIpc) is 2.97. The van der Waals surface area contributed by atoms with Gasteiger partial charge in [-0.3, -0.25) is 9.89 Å². The second-order valence-corrected chi connectivity index (χ2v) is 5.22. The number of nitrogens with zero attached hydrogens (tertiary/aromatic N) is 1. The van der Waals surface area contributed by atoms with E-state index in [1.54, 1.807) is 6.20 Å². The first-order chi connectivity index (χ1) is 10.1. The van der Waals surface area contributed by atoms with Crippen molar-refractivity contribution in [3.8, 4) is 11.3 Å². The Labute approximate surface area is 123 Å². The van der Waals surface area contributed by atoms with Crippen molar-refractivity contribution < 1.29 is 4.79 Å². The number of aromatic nitrogens is 2. The van der Waals surface area contributed by atoms with E-state index in [2.05, 4.69) is 10.2 Å². The Kier molecular flexibility index (Phi) is 3.40. The number of hydrogen-bond acceptors (Lipinski definition) is 2. The minimum Gasteiger partial charge on any atom is -0.288 e. The number of aromatic amines is 1. The van der Waals surface area contributed by atoms with Crippen LogP contribution in [-0.4, -0.2) is 16.0 Å². The molecule has 2 aromatic carbocycles. The highest BCUT2D eigenvalue weighted by atomic mass is 16.1. The SMILES string of the molecule is Cc1ccc(C(=O)c2cn[nH]c2-c2ccc(C)cc2)cc1. The molecule has 3 nitrogen and oxygen atoms in total. The Bertz CT molecular complexity index is 768. The highest BCUT2D eigenvalue weighted by molar-refractivity contribution is 6.12. The molecule has 3 rings (SSSR count). The highest BCUT2D eigenvalue weighted by Gasteiger charge is 2.16. The third kappa shape index (κ3) is 2.63. The van der Waals surface area contributed by atoms with Crippen molar-refractivity contribution >= 4 is 5.78 Å². The van der Waals surface area contributed by atoms with Crippen LogP contribution in [0.25, 0.3) is 11.3 Å². The molecule has 1 heterocycles. The molecule has 0 radical (unpaired) electrons. The van der Waals surface area contributed by atoms with Gasteiger partial charge in [-0.1, -0.05) is 59.7 Å². The van der Waals surface area contributed by atoms with Crippen LogP contribution in [0.4, 0.5) is 0 Å². The van der Waals surface area contributed by atoms with Gasteiger partial charge in [0.05, 0.1) is 17.5 Å². The van der Waals surface area contributed by atoms with Gasteiger partial charge in [0.25, 0.3) is 0 Å². The van der Waals surface area contributed by atoms with Crippen LogP contribution in [0.2, 0.25) is 0 Å². The van der Waals surface area contributed by atoms with Crippen LogP contribution in [0.15, 0.2) is 54.7 Å². The molecule has 0 aliphatic rings. The summed E-state index contributed by atoms with van der Waals surface area (Å²) in [7, 11) is 0. The Morgan fingerprint density at radius 3 is 2.10 bits per heavy atom. The summed E-state index contributed by atoms with van der Waals surface area (Å²) in [5.74, 6) is -0.0145. The largest absolute Gasteiger partial charge is 0.288 e. The fourth-order valence-corrected chi connectivity index (χ4v) is 2.26. The quantitative estimate of drug-likeness (QED) is 0.737. The third-order valence-corrected chi connectivity index (χ3v) is 3.54. The predicted octanol–water partition coefficient (Wildman–Crippen LogP) is 3.92. The normalized spacial score (nSPS) is 10.6. The molecule has 0 fully saturated rings. The number of H-pyrrole nitrogens is 1. The summed E-state index contributed by atoms with van der Waals surface area (Å²) in [6.45, 7) is 4.04. The molecule has 0 saturated carbocycles.